The van der Waals surface area contributed by atoms with Gasteiger partial charge < -0.3 is 10.0 Å². The summed E-state index contributed by atoms with van der Waals surface area (Å²) in [5, 5.41) is 13.0. The van der Waals surface area contributed by atoms with Gasteiger partial charge in [0.1, 0.15) is 0 Å². The minimum Gasteiger partial charge on any atom is -0.477 e. The van der Waals surface area contributed by atoms with Crippen LogP contribution < -0.4 is 0 Å². The van der Waals surface area contributed by atoms with Crippen LogP contribution >= 0.6 is 0 Å². The van der Waals surface area contributed by atoms with Gasteiger partial charge in [-0.2, -0.15) is 5.10 Å². The first kappa shape index (κ1) is 12.6. The molecule has 0 spiro atoms. The molecule has 6 nitrogen and oxygen atoms in total. The van der Waals surface area contributed by atoms with Crippen molar-refractivity contribution in [2.45, 2.75) is 25.7 Å². The van der Waals surface area contributed by atoms with Crippen molar-refractivity contribution in [3.63, 3.8) is 0 Å². The fourth-order valence-electron chi connectivity index (χ4n) is 2.29. The Labute approximate surface area is 105 Å². The Morgan fingerprint density at radius 3 is 2.39 bits per heavy atom. The van der Waals surface area contributed by atoms with E-state index in [1.54, 1.807) is 4.90 Å². The van der Waals surface area contributed by atoms with Gasteiger partial charge >= 0.3 is 5.97 Å². The Morgan fingerprint density at radius 2 is 1.83 bits per heavy atom. The highest BCUT2D eigenvalue weighted by Gasteiger charge is 2.25. The first-order valence-electron chi connectivity index (χ1n) is 6.16. The number of nitrogens with zero attached hydrogens (tertiary/aromatic N) is 3. The number of carboxylic acids is 1. The fraction of sp³-hybridized carbons (Fsp3) is 0.583. The van der Waals surface area contributed by atoms with Gasteiger partial charge in [-0.05, 0) is 12.8 Å². The van der Waals surface area contributed by atoms with Gasteiger partial charge in [0.25, 0.3) is 5.91 Å². The molecule has 98 valence electrons. The molecule has 1 saturated heterocycles. The van der Waals surface area contributed by atoms with Gasteiger partial charge in [-0.25, -0.2) is 4.79 Å². The highest BCUT2D eigenvalue weighted by molar-refractivity contribution is 6.03. The Morgan fingerprint density at radius 1 is 1.22 bits per heavy atom. The zero-order valence-corrected chi connectivity index (χ0v) is 10.4. The molecule has 1 aliphatic heterocycles. The van der Waals surface area contributed by atoms with Crippen molar-refractivity contribution < 1.29 is 14.7 Å². The van der Waals surface area contributed by atoms with Crippen molar-refractivity contribution in [1.82, 2.24) is 14.7 Å². The smallest absolute Gasteiger partial charge is 0.354 e. The summed E-state index contributed by atoms with van der Waals surface area (Å²) in [7, 11) is 1.53. The van der Waals surface area contributed by atoms with E-state index in [1.807, 2.05) is 0 Å². The summed E-state index contributed by atoms with van der Waals surface area (Å²) < 4.78 is 1.23. The second-order valence-electron chi connectivity index (χ2n) is 4.54. The predicted molar refractivity (Wildman–Crippen MR) is 64.5 cm³/mol. The van der Waals surface area contributed by atoms with Gasteiger partial charge in [-0.15, -0.1) is 0 Å². The molecule has 2 heterocycles. The maximum atomic E-state index is 12.3. The zero-order chi connectivity index (χ0) is 13.1. The lowest BCUT2D eigenvalue weighted by Crippen LogP contribution is -2.32. The van der Waals surface area contributed by atoms with Crippen molar-refractivity contribution in [3.8, 4) is 0 Å². The first-order chi connectivity index (χ1) is 8.61. The van der Waals surface area contributed by atoms with E-state index in [0.717, 1.165) is 25.7 Å². The molecule has 1 amide bonds. The van der Waals surface area contributed by atoms with E-state index in [-0.39, 0.29) is 17.2 Å². The number of aromatic carboxylic acids is 1. The third-order valence-corrected chi connectivity index (χ3v) is 3.27. The molecule has 0 radical (unpaired) electrons. The molecule has 0 aromatic carbocycles. The number of likely N-dealkylation sites (tertiary alicyclic amines) is 1. The quantitative estimate of drug-likeness (QED) is 0.855. The molecule has 6 heteroatoms. The summed E-state index contributed by atoms with van der Waals surface area (Å²) in [6.07, 6.45) is 5.56. The largest absolute Gasteiger partial charge is 0.477 e. The van der Waals surface area contributed by atoms with E-state index in [4.69, 9.17) is 5.11 Å². The summed E-state index contributed by atoms with van der Waals surface area (Å²) in [6, 6.07) is 0. The molecule has 0 atom stereocenters. The summed E-state index contributed by atoms with van der Waals surface area (Å²) in [5.41, 5.74) is 0.149. The first-order valence-corrected chi connectivity index (χ1v) is 6.16. The molecule has 0 unspecified atom stereocenters. The summed E-state index contributed by atoms with van der Waals surface area (Å²) in [4.78, 5) is 25.2. The second kappa shape index (κ2) is 5.20. The van der Waals surface area contributed by atoms with Crippen molar-refractivity contribution in [1.29, 1.82) is 0 Å². The zero-order valence-electron chi connectivity index (χ0n) is 10.4. The van der Waals surface area contributed by atoms with E-state index in [2.05, 4.69) is 5.10 Å². The van der Waals surface area contributed by atoms with Crippen LogP contribution in [0, 0.1) is 0 Å². The van der Waals surface area contributed by atoms with Gasteiger partial charge in [0, 0.05) is 20.1 Å². The maximum Gasteiger partial charge on any atom is 0.354 e. The Hall–Kier alpha value is -1.85. The minimum absolute atomic E-state index is 0.0377. The molecule has 1 fully saturated rings. The van der Waals surface area contributed by atoms with Crippen LogP contribution in [0.2, 0.25) is 0 Å². The second-order valence-corrected chi connectivity index (χ2v) is 4.54. The highest BCUT2D eigenvalue weighted by Crippen LogP contribution is 2.15. The van der Waals surface area contributed by atoms with E-state index >= 15 is 0 Å². The number of carbonyl (C=O) groups is 2. The molecule has 0 aliphatic carbocycles. The number of carbonyl (C=O) groups excluding carboxylic acids is 1. The molecular weight excluding hydrogens is 234 g/mol. The lowest BCUT2D eigenvalue weighted by atomic mass is 10.2. The average molecular weight is 251 g/mol. The third kappa shape index (κ3) is 2.37. The fourth-order valence-corrected chi connectivity index (χ4v) is 2.29. The molecule has 1 N–H and O–H groups in total. The summed E-state index contributed by atoms with van der Waals surface area (Å²) in [5.74, 6) is -1.34. The summed E-state index contributed by atoms with van der Waals surface area (Å²) in [6.45, 7) is 1.40. The van der Waals surface area contributed by atoms with E-state index in [1.165, 1.54) is 17.9 Å². The Balaban J connectivity index is 2.25. The van der Waals surface area contributed by atoms with Crippen LogP contribution in [0.4, 0.5) is 0 Å². The third-order valence-electron chi connectivity index (χ3n) is 3.27. The van der Waals surface area contributed by atoms with Crippen LogP contribution in [0.25, 0.3) is 0 Å². The number of hydrogen-bond donors (Lipinski definition) is 1. The number of hydrogen-bond acceptors (Lipinski definition) is 3. The molecule has 0 bridgehead atoms. The van der Waals surface area contributed by atoms with E-state index in [0.29, 0.717) is 13.1 Å². The normalized spacial score (nSPS) is 16.4. The number of rotatable bonds is 2. The molecule has 1 aliphatic rings. The van der Waals surface area contributed by atoms with Crippen LogP contribution in [0.15, 0.2) is 6.20 Å². The number of carboxylic acid groups (broad SMARTS) is 1. The van der Waals surface area contributed by atoms with Crippen LogP contribution in [-0.2, 0) is 7.05 Å². The Bertz CT molecular complexity index is 459. The van der Waals surface area contributed by atoms with E-state index in [9.17, 15) is 9.59 Å². The average Bonchev–Trinajstić information content (AvgIpc) is 2.56. The molecule has 18 heavy (non-hydrogen) atoms. The van der Waals surface area contributed by atoms with Gasteiger partial charge in [0.15, 0.2) is 5.69 Å². The molecule has 0 saturated carbocycles. The SMILES string of the molecule is Cn1ncc(C(=O)N2CCCCCC2)c1C(=O)O. The van der Waals surface area contributed by atoms with Crippen molar-refractivity contribution >= 4 is 11.9 Å². The maximum absolute atomic E-state index is 12.3. The number of aryl methyl sites for hydroxylation is 1. The highest BCUT2D eigenvalue weighted by atomic mass is 16.4. The standard InChI is InChI=1S/C12H17N3O3/c1-14-10(12(17)18)9(8-13-14)11(16)15-6-4-2-3-5-7-15/h8H,2-7H2,1H3,(H,17,18). The van der Waals surface area contributed by atoms with Gasteiger partial charge in [0.05, 0.1) is 11.8 Å². The van der Waals surface area contributed by atoms with Crippen molar-refractivity contribution in [2.24, 2.45) is 7.05 Å². The molecule has 1 aromatic heterocycles. The van der Waals surface area contributed by atoms with Gasteiger partial charge in [-0.3, -0.25) is 9.48 Å². The monoisotopic (exact) mass is 251 g/mol. The van der Waals surface area contributed by atoms with Crippen LogP contribution in [0.5, 0.6) is 0 Å². The molecular formula is C12H17N3O3. The number of aromatic nitrogens is 2. The summed E-state index contributed by atoms with van der Waals surface area (Å²) >= 11 is 0. The van der Waals surface area contributed by atoms with Gasteiger partial charge in [0.2, 0.25) is 0 Å². The lowest BCUT2D eigenvalue weighted by Gasteiger charge is -2.19. The van der Waals surface area contributed by atoms with Crippen LogP contribution in [0.3, 0.4) is 0 Å². The predicted octanol–water partition coefficient (Wildman–Crippen LogP) is 1.13. The molecule has 2 rings (SSSR count). The van der Waals surface area contributed by atoms with Gasteiger partial charge in [-0.1, -0.05) is 12.8 Å². The van der Waals surface area contributed by atoms with E-state index < -0.39 is 5.97 Å². The van der Waals surface area contributed by atoms with Crippen LogP contribution in [0.1, 0.15) is 46.5 Å². The van der Waals surface area contributed by atoms with Crippen molar-refractivity contribution in [3.05, 3.63) is 17.5 Å². The molecule has 1 aromatic rings. The Kier molecular flexibility index (Phi) is 3.64. The topological polar surface area (TPSA) is 75.4 Å². The number of amides is 1. The van der Waals surface area contributed by atoms with Crippen LogP contribution in [-0.4, -0.2) is 44.8 Å². The lowest BCUT2D eigenvalue weighted by molar-refractivity contribution is 0.0666. The minimum atomic E-state index is -1.12. The van der Waals surface area contributed by atoms with Crippen molar-refractivity contribution in [2.75, 3.05) is 13.1 Å².